The van der Waals surface area contributed by atoms with Crippen molar-refractivity contribution in [3.05, 3.63) is 0 Å². The van der Waals surface area contributed by atoms with E-state index in [1.54, 1.807) is 0 Å². The molecule has 0 aromatic heterocycles. The number of hydrogen-bond acceptors (Lipinski definition) is 0. The van der Waals surface area contributed by atoms with E-state index in [1.165, 1.54) is 0 Å². The zero-order chi connectivity index (χ0) is 0. The maximum atomic E-state index is 0. The highest BCUT2D eigenvalue weighted by Gasteiger charge is -0.0676. The van der Waals surface area contributed by atoms with Crippen molar-refractivity contribution < 1.29 is 0 Å². The first-order valence-corrected chi connectivity index (χ1v) is 0. The van der Waals surface area contributed by atoms with Gasteiger partial charge in [0.05, 0.1) is 0 Å². The molecule has 0 aliphatic carbocycles. The molecule has 0 fully saturated rings. The molecule has 0 atom stereocenters. The molecule has 0 bridgehead atoms. The van der Waals surface area contributed by atoms with Gasteiger partial charge in [0, 0.05) is 0 Å². The third kappa shape index (κ3) is 0. The predicted octanol–water partition coefficient (Wildman–Crippen LogP) is 7.00. The standard InChI is InChI=1S/11CH4/h11*1H4. The smallest absolute Gasteiger partial charge is 0.0776 e. The van der Waals surface area contributed by atoms with Crippen molar-refractivity contribution in [2.75, 3.05) is 0 Å². The van der Waals surface area contributed by atoms with Gasteiger partial charge < -0.3 is 0 Å². The molecule has 0 unspecified atom stereocenters. The van der Waals surface area contributed by atoms with Crippen LogP contribution in [0.3, 0.4) is 0 Å². The third-order valence-corrected chi connectivity index (χ3v) is 0. The van der Waals surface area contributed by atoms with Gasteiger partial charge in [0.15, 0.2) is 0 Å². The Labute approximate surface area is 82.4 Å². The molecule has 0 spiro atoms. The molecule has 0 heterocycles. The maximum Gasteiger partial charge on any atom is -0.0776 e. The van der Waals surface area contributed by atoms with Gasteiger partial charge in [0.25, 0.3) is 0 Å². The van der Waals surface area contributed by atoms with Crippen LogP contribution in [0.5, 0.6) is 0 Å². The summed E-state index contributed by atoms with van der Waals surface area (Å²) < 4.78 is 0. The average molecular weight is 176 g/mol. The fourth-order valence-corrected chi connectivity index (χ4v) is 0. The molecule has 0 saturated carbocycles. The number of hydrogen-bond donors (Lipinski definition) is 0. The highest BCUT2D eigenvalue weighted by molar-refractivity contribution is 2.51. The minimum atomic E-state index is 0. The van der Waals surface area contributed by atoms with Crippen LogP contribution < -0.4 is 0 Å². The molecule has 0 saturated heterocycles. The zero-order valence-electron chi connectivity index (χ0n) is 0. The van der Waals surface area contributed by atoms with E-state index in [9.17, 15) is 0 Å². The van der Waals surface area contributed by atoms with Gasteiger partial charge in [-0.3, -0.25) is 0 Å². The quantitative estimate of drug-likeness (QED) is 0.373. The van der Waals surface area contributed by atoms with Gasteiger partial charge in [0.1, 0.15) is 0 Å². The van der Waals surface area contributed by atoms with Gasteiger partial charge in [-0.25, -0.2) is 0 Å². The van der Waals surface area contributed by atoms with Crippen molar-refractivity contribution in [2.45, 2.75) is 81.7 Å². The lowest BCUT2D eigenvalue weighted by molar-refractivity contribution is 2.50. The molecule has 11 heavy (non-hydrogen) atoms. The first kappa shape index (κ1) is 0. The summed E-state index contributed by atoms with van der Waals surface area (Å²) in [6.45, 7) is 0. The molecule has 0 N–H and O–H groups in total. The lowest BCUT2D eigenvalue weighted by atomic mass is 12.0. The predicted molar refractivity (Wildman–Crippen MR) is 74.0 cm³/mol. The van der Waals surface area contributed by atoms with Crippen molar-refractivity contribution in [3.8, 4) is 0 Å². The Hall–Kier alpha value is 0. The summed E-state index contributed by atoms with van der Waals surface area (Å²) in [6, 6.07) is 0. The minimum Gasteiger partial charge on any atom is -0.0776 e. The molecular formula is C11H44. The molecule has 0 aliphatic rings. The highest BCUT2D eigenvalue weighted by Crippen LogP contribution is 0.154. The molecule has 0 aromatic carbocycles. The molecule has 0 aliphatic heterocycles. The Bertz CT molecular complexity index is 0. The van der Waals surface area contributed by atoms with Crippen LogP contribution in [-0.4, -0.2) is 0 Å². The van der Waals surface area contributed by atoms with Crippen molar-refractivity contribution in [1.82, 2.24) is 0 Å². The molecule has 0 radical (unpaired) electrons. The van der Waals surface area contributed by atoms with Gasteiger partial charge >= 0.3 is 0 Å². The van der Waals surface area contributed by atoms with Crippen LogP contribution in [-0.2, 0) is 0 Å². The summed E-state index contributed by atoms with van der Waals surface area (Å²) in [7, 11) is 0. The lowest BCUT2D eigenvalue weighted by Gasteiger charge is -0.0786. The van der Waals surface area contributed by atoms with Crippen LogP contribution in [0, 0.1) is 0 Å². The summed E-state index contributed by atoms with van der Waals surface area (Å²) >= 11 is 0. The summed E-state index contributed by atoms with van der Waals surface area (Å²) in [5.74, 6) is 0. The Balaban J connectivity index is 0. The van der Waals surface area contributed by atoms with E-state index >= 15 is 0 Å². The topological polar surface area (TPSA) is 0 Å². The summed E-state index contributed by atoms with van der Waals surface area (Å²) in [5.41, 5.74) is 0. The second-order valence-electron chi connectivity index (χ2n) is 0. The van der Waals surface area contributed by atoms with E-state index in [0.717, 1.165) is 0 Å². The highest BCUT2D eigenvalue weighted by atomic mass is 12.0. The molecule has 0 nitrogen and oxygen atoms in total. The van der Waals surface area contributed by atoms with E-state index in [0.29, 0.717) is 0 Å². The van der Waals surface area contributed by atoms with E-state index in [2.05, 4.69) is 0 Å². The van der Waals surface area contributed by atoms with E-state index in [4.69, 9.17) is 0 Å². The fourth-order valence-electron chi connectivity index (χ4n) is 0. The van der Waals surface area contributed by atoms with Crippen molar-refractivity contribution in [2.24, 2.45) is 0 Å². The number of rotatable bonds is 0. The first-order chi connectivity index (χ1) is 0. The Morgan fingerprint density at radius 2 is 0.0909 bits per heavy atom. The first-order valence-electron chi connectivity index (χ1n) is 0. The van der Waals surface area contributed by atoms with E-state index in [1.807, 2.05) is 0 Å². The van der Waals surface area contributed by atoms with Crippen LogP contribution in [0.4, 0.5) is 0 Å². The third-order valence-electron chi connectivity index (χ3n) is 0. The Morgan fingerprint density at radius 3 is 0.0909 bits per heavy atom. The van der Waals surface area contributed by atoms with Crippen LogP contribution in [0.1, 0.15) is 81.7 Å². The van der Waals surface area contributed by atoms with Crippen LogP contribution >= 0.6 is 0 Å². The molecule has 88 valence electrons. The Morgan fingerprint density at radius 1 is 0.0909 bits per heavy atom. The van der Waals surface area contributed by atoms with E-state index in [-0.39, 0.29) is 81.7 Å². The normalized spacial score (nSPS) is 0. The summed E-state index contributed by atoms with van der Waals surface area (Å²) in [5, 5.41) is 0. The lowest BCUT2D eigenvalue weighted by Crippen LogP contribution is 0.143. The van der Waals surface area contributed by atoms with Gasteiger partial charge in [-0.1, -0.05) is 81.7 Å². The van der Waals surface area contributed by atoms with Gasteiger partial charge in [-0.2, -0.15) is 0 Å². The monoisotopic (exact) mass is 176 g/mol. The zero-order valence-corrected chi connectivity index (χ0v) is 0. The molecular weight excluding hydrogens is 132 g/mol. The van der Waals surface area contributed by atoms with Gasteiger partial charge in [0.2, 0.25) is 0 Å². The fraction of sp³-hybridized carbons (Fsp3) is 1.00. The minimum absolute atomic E-state index is 0. The van der Waals surface area contributed by atoms with Crippen LogP contribution in [0.15, 0.2) is 0 Å². The molecule has 0 amide bonds. The molecule has 0 rings (SSSR count). The maximum absolute atomic E-state index is 0. The van der Waals surface area contributed by atoms with Crippen LogP contribution in [0.25, 0.3) is 0 Å². The second kappa shape index (κ2) is 0. The largest absolute Gasteiger partial charge is 0.0776 e. The van der Waals surface area contributed by atoms with Crippen molar-refractivity contribution in [1.29, 1.82) is 0 Å². The van der Waals surface area contributed by atoms with Gasteiger partial charge in [-0.05, 0) is 0 Å². The van der Waals surface area contributed by atoms with Crippen molar-refractivity contribution >= 4 is 0 Å². The molecule has 0 heteroatoms. The van der Waals surface area contributed by atoms with Crippen LogP contribution in [0.2, 0.25) is 0 Å². The SMILES string of the molecule is C.C.C.C.C.C.C.C.C.C.C. The molecule has 0 aromatic rings. The summed E-state index contributed by atoms with van der Waals surface area (Å²) in [6.07, 6.45) is 0. The second-order valence-corrected chi connectivity index (χ2v) is 0. The van der Waals surface area contributed by atoms with Gasteiger partial charge in [-0.15, -0.1) is 0 Å². The van der Waals surface area contributed by atoms with Crippen molar-refractivity contribution in [3.63, 3.8) is 0 Å². The Kier molecular flexibility index (Phi) is 0. The van der Waals surface area contributed by atoms with E-state index < -0.39 is 0 Å². The summed E-state index contributed by atoms with van der Waals surface area (Å²) in [4.78, 5) is 0. The average Bonchev–Trinajstić information content (AvgIpc) is 0.